The van der Waals surface area contributed by atoms with Gasteiger partial charge in [0.2, 0.25) is 0 Å². The van der Waals surface area contributed by atoms with Crippen LogP contribution in [0.5, 0.6) is 0 Å². The van der Waals surface area contributed by atoms with Crippen LogP contribution in [0.2, 0.25) is 0 Å². The molecule has 7 heavy (non-hydrogen) atoms. The van der Waals surface area contributed by atoms with Gasteiger partial charge in [0.15, 0.2) is 0 Å². The summed E-state index contributed by atoms with van der Waals surface area (Å²) in [7, 11) is 0. The minimum atomic E-state index is -0.824. The third-order valence-corrected chi connectivity index (χ3v) is 0.268. The van der Waals surface area contributed by atoms with Crippen molar-refractivity contribution in [3.05, 3.63) is 0 Å². The summed E-state index contributed by atoms with van der Waals surface area (Å²) in [5.41, 5.74) is 4.65. The quantitative estimate of drug-likeness (QED) is 0.243. The van der Waals surface area contributed by atoms with Gasteiger partial charge in [-0.25, -0.2) is 4.79 Å². The van der Waals surface area contributed by atoms with Crippen LogP contribution in [0.1, 0.15) is 0 Å². The molecule has 4 nitrogen and oxygen atoms in total. The molecule has 0 rings (SSSR count). The Kier molecular flexibility index (Phi) is 9.48. The van der Waals surface area contributed by atoms with Gasteiger partial charge in [0, 0.05) is 0 Å². The second-order valence-electron chi connectivity index (χ2n) is 0.667. The first-order valence-corrected chi connectivity index (χ1v) is 1.35. The SMILES string of the molecule is NCC(=O)OO.[NaH]. The molecule has 0 aliphatic carbocycles. The van der Waals surface area contributed by atoms with Gasteiger partial charge in [-0.1, -0.05) is 0 Å². The van der Waals surface area contributed by atoms with Crippen molar-refractivity contribution >= 4 is 35.5 Å². The maximum absolute atomic E-state index is 9.58. The fraction of sp³-hybridized carbons (Fsp3) is 0.500. The Morgan fingerprint density at radius 2 is 2.29 bits per heavy atom. The Morgan fingerprint density at radius 3 is 2.29 bits per heavy atom. The molecule has 0 spiro atoms. The van der Waals surface area contributed by atoms with Gasteiger partial charge in [0.05, 0.1) is 6.54 Å². The number of rotatable bonds is 1. The van der Waals surface area contributed by atoms with Crippen molar-refractivity contribution < 1.29 is 14.9 Å². The standard InChI is InChI=1S/C2H5NO3.Na.H/c3-1-2(4)6-5;;/h5H,1,3H2;;. The molecule has 0 saturated carbocycles. The van der Waals surface area contributed by atoms with Crippen LogP contribution >= 0.6 is 0 Å². The Bertz CT molecular complexity index is 50.9. The van der Waals surface area contributed by atoms with Crippen LogP contribution in [-0.2, 0) is 9.68 Å². The summed E-state index contributed by atoms with van der Waals surface area (Å²) in [5, 5.41) is 7.41. The minimum absolute atomic E-state index is 0. The zero-order valence-electron chi connectivity index (χ0n) is 3.05. The van der Waals surface area contributed by atoms with Gasteiger partial charge < -0.3 is 5.73 Å². The van der Waals surface area contributed by atoms with E-state index in [0.29, 0.717) is 0 Å². The molecular weight excluding hydrogens is 109 g/mol. The van der Waals surface area contributed by atoms with E-state index in [1.165, 1.54) is 0 Å². The van der Waals surface area contributed by atoms with Crippen molar-refractivity contribution in [1.29, 1.82) is 0 Å². The molecule has 0 amide bonds. The van der Waals surface area contributed by atoms with Crippen LogP contribution in [0.25, 0.3) is 0 Å². The van der Waals surface area contributed by atoms with Crippen molar-refractivity contribution in [3.8, 4) is 0 Å². The molecule has 3 N–H and O–H groups in total. The summed E-state index contributed by atoms with van der Waals surface area (Å²) in [6.07, 6.45) is 0. The van der Waals surface area contributed by atoms with Gasteiger partial charge in [-0.05, 0) is 0 Å². The molecule has 0 aromatic rings. The Balaban J connectivity index is 0. The van der Waals surface area contributed by atoms with Crippen LogP contribution in [0.15, 0.2) is 0 Å². The summed E-state index contributed by atoms with van der Waals surface area (Å²) < 4.78 is 0. The molecule has 0 aromatic heterocycles. The third-order valence-electron chi connectivity index (χ3n) is 0.268. The number of nitrogens with two attached hydrogens (primary N) is 1. The molecule has 0 aromatic carbocycles. The van der Waals surface area contributed by atoms with Crippen LogP contribution in [0.4, 0.5) is 0 Å². The van der Waals surface area contributed by atoms with Gasteiger partial charge in [-0.3, -0.25) is 4.89 Å². The van der Waals surface area contributed by atoms with E-state index in [9.17, 15) is 4.79 Å². The second-order valence-corrected chi connectivity index (χ2v) is 0.667. The van der Waals surface area contributed by atoms with Crippen LogP contribution in [-0.4, -0.2) is 47.3 Å². The zero-order valence-corrected chi connectivity index (χ0v) is 3.05. The second kappa shape index (κ2) is 6.39. The van der Waals surface area contributed by atoms with Crippen molar-refractivity contribution in [2.24, 2.45) is 5.73 Å². The first-order valence-electron chi connectivity index (χ1n) is 1.35. The molecular formula is C2H6NNaO3. The average molecular weight is 115 g/mol. The van der Waals surface area contributed by atoms with Gasteiger partial charge in [0.25, 0.3) is 0 Å². The molecule has 0 unspecified atom stereocenters. The van der Waals surface area contributed by atoms with Crippen molar-refractivity contribution in [2.75, 3.05) is 6.54 Å². The average Bonchev–Trinajstić information content (AvgIpc) is 1.65. The summed E-state index contributed by atoms with van der Waals surface area (Å²) in [6.45, 7) is -0.281. The van der Waals surface area contributed by atoms with Crippen molar-refractivity contribution in [2.45, 2.75) is 0 Å². The van der Waals surface area contributed by atoms with E-state index in [4.69, 9.17) is 5.26 Å². The molecule has 0 fully saturated rings. The predicted molar refractivity (Wildman–Crippen MR) is 24.9 cm³/mol. The predicted octanol–water partition coefficient (Wildman–Crippen LogP) is -1.69. The molecule has 0 radical (unpaired) electrons. The molecule has 0 bridgehead atoms. The number of hydrogen-bond acceptors (Lipinski definition) is 4. The Morgan fingerprint density at radius 1 is 1.86 bits per heavy atom. The molecule has 0 aliphatic heterocycles. The summed E-state index contributed by atoms with van der Waals surface area (Å²) >= 11 is 0. The molecule has 0 atom stereocenters. The first kappa shape index (κ1) is 10.4. The molecule has 38 valence electrons. The molecule has 0 heterocycles. The maximum atomic E-state index is 9.58. The first-order chi connectivity index (χ1) is 2.81. The van der Waals surface area contributed by atoms with Crippen LogP contribution in [0.3, 0.4) is 0 Å². The van der Waals surface area contributed by atoms with Gasteiger partial charge in [-0.2, -0.15) is 5.26 Å². The van der Waals surface area contributed by atoms with E-state index in [1.807, 2.05) is 0 Å². The summed E-state index contributed by atoms with van der Waals surface area (Å²) in [4.78, 5) is 12.7. The van der Waals surface area contributed by atoms with E-state index < -0.39 is 5.97 Å². The van der Waals surface area contributed by atoms with Crippen LogP contribution in [0, 0.1) is 0 Å². The van der Waals surface area contributed by atoms with E-state index in [2.05, 4.69) is 10.6 Å². The monoisotopic (exact) mass is 115 g/mol. The van der Waals surface area contributed by atoms with Crippen molar-refractivity contribution in [1.82, 2.24) is 0 Å². The number of carbonyl (C=O) groups excluding carboxylic acids is 1. The van der Waals surface area contributed by atoms with E-state index in [0.717, 1.165) is 0 Å². The topological polar surface area (TPSA) is 72.6 Å². The van der Waals surface area contributed by atoms with Gasteiger partial charge >= 0.3 is 35.5 Å². The zero-order chi connectivity index (χ0) is 4.99. The van der Waals surface area contributed by atoms with Gasteiger partial charge in [-0.15, -0.1) is 0 Å². The number of hydrogen-bond donors (Lipinski definition) is 2. The summed E-state index contributed by atoms with van der Waals surface area (Å²) in [6, 6.07) is 0. The third kappa shape index (κ3) is 6.39. The van der Waals surface area contributed by atoms with Crippen LogP contribution < -0.4 is 5.73 Å². The fourth-order valence-corrected chi connectivity index (χ4v) is 0.0373. The van der Waals surface area contributed by atoms with E-state index >= 15 is 0 Å². The number of carbonyl (C=O) groups is 1. The van der Waals surface area contributed by atoms with Crippen molar-refractivity contribution in [3.63, 3.8) is 0 Å². The molecule has 5 heteroatoms. The molecule has 0 aliphatic rings. The normalized spacial score (nSPS) is 6.57. The van der Waals surface area contributed by atoms with E-state index in [1.54, 1.807) is 0 Å². The molecule has 0 saturated heterocycles. The summed E-state index contributed by atoms with van der Waals surface area (Å²) in [5.74, 6) is -0.824. The Hall–Kier alpha value is 0.390. The Labute approximate surface area is 62.9 Å². The van der Waals surface area contributed by atoms with Gasteiger partial charge in [0.1, 0.15) is 0 Å². The van der Waals surface area contributed by atoms with E-state index in [-0.39, 0.29) is 36.1 Å². The fourth-order valence-electron chi connectivity index (χ4n) is 0.0373.